The number of furan rings is 1. The van der Waals surface area contributed by atoms with Gasteiger partial charge in [0.15, 0.2) is 0 Å². The summed E-state index contributed by atoms with van der Waals surface area (Å²) in [4.78, 5) is 22.2. The van der Waals surface area contributed by atoms with E-state index in [4.69, 9.17) is 9.40 Å². The molecule has 29 heavy (non-hydrogen) atoms. The summed E-state index contributed by atoms with van der Waals surface area (Å²) in [7, 11) is 0. The molecule has 7 nitrogen and oxygen atoms in total. The highest BCUT2D eigenvalue weighted by Gasteiger charge is 2.23. The van der Waals surface area contributed by atoms with Gasteiger partial charge in [0.2, 0.25) is 0 Å². The van der Waals surface area contributed by atoms with Crippen LogP contribution in [0.5, 0.6) is 0 Å². The third-order valence-corrected chi connectivity index (χ3v) is 5.07. The fourth-order valence-corrected chi connectivity index (χ4v) is 3.48. The summed E-state index contributed by atoms with van der Waals surface area (Å²) in [5.74, 6) is 2.36. The first-order chi connectivity index (χ1) is 13.8. The molecule has 0 spiro atoms. The van der Waals surface area contributed by atoms with Crippen LogP contribution in [0.1, 0.15) is 43.6 Å². The predicted octanol–water partition coefficient (Wildman–Crippen LogP) is 4.50. The number of aromatic nitrogens is 2. The van der Waals surface area contributed by atoms with E-state index in [-0.39, 0.29) is 11.1 Å². The summed E-state index contributed by atoms with van der Waals surface area (Å²) in [6.07, 6.45) is 2.84. The smallest absolute Gasteiger partial charge is 0.270 e. The number of nitro benzene ring substituents is 1. The van der Waals surface area contributed by atoms with E-state index in [1.165, 1.54) is 12.1 Å². The summed E-state index contributed by atoms with van der Waals surface area (Å²) in [6, 6.07) is 10.3. The fourth-order valence-electron chi connectivity index (χ4n) is 3.48. The van der Waals surface area contributed by atoms with Gasteiger partial charge in [0.05, 0.1) is 11.5 Å². The van der Waals surface area contributed by atoms with E-state index in [9.17, 15) is 10.1 Å². The lowest BCUT2D eigenvalue weighted by Gasteiger charge is -2.28. The standard InChI is InChI=1S/C22H24N4O3/c1-22(2,3)21-23-12-16-13-25(10-9-19(16)24-21)14-18-7-8-20(29-18)15-5-4-6-17(11-15)26(27)28/h4-8,11-12H,9-10,13-14H2,1-3H3. The molecule has 0 bridgehead atoms. The Balaban J connectivity index is 1.46. The molecular weight excluding hydrogens is 368 g/mol. The molecule has 1 aliphatic heterocycles. The number of rotatable bonds is 4. The lowest BCUT2D eigenvalue weighted by atomic mass is 9.95. The first-order valence-corrected chi connectivity index (χ1v) is 9.71. The Morgan fingerprint density at radius 2 is 2.07 bits per heavy atom. The third kappa shape index (κ3) is 4.19. The van der Waals surface area contributed by atoms with Crippen molar-refractivity contribution in [3.8, 4) is 11.3 Å². The van der Waals surface area contributed by atoms with Gasteiger partial charge in [-0.05, 0) is 12.1 Å². The van der Waals surface area contributed by atoms with E-state index >= 15 is 0 Å². The average Bonchev–Trinajstić information content (AvgIpc) is 3.15. The van der Waals surface area contributed by atoms with Crippen molar-refractivity contribution in [2.45, 2.75) is 45.7 Å². The number of nitro groups is 1. The maximum atomic E-state index is 11.0. The van der Waals surface area contributed by atoms with Crippen LogP contribution in [0, 0.1) is 10.1 Å². The van der Waals surface area contributed by atoms with Crippen LogP contribution in [0.15, 0.2) is 47.0 Å². The van der Waals surface area contributed by atoms with Crippen LogP contribution in [0.25, 0.3) is 11.3 Å². The number of benzene rings is 1. The molecule has 0 saturated carbocycles. The van der Waals surface area contributed by atoms with Crippen LogP contribution in [0.2, 0.25) is 0 Å². The SMILES string of the molecule is CC(C)(C)c1ncc2c(n1)CCN(Cc1ccc(-c3cccc([N+](=O)[O-])c3)o1)C2. The molecule has 0 atom stereocenters. The number of non-ortho nitro benzene ring substituents is 1. The molecule has 0 radical (unpaired) electrons. The zero-order valence-electron chi connectivity index (χ0n) is 16.9. The third-order valence-electron chi connectivity index (χ3n) is 5.07. The number of nitrogens with zero attached hydrogens (tertiary/aromatic N) is 4. The van der Waals surface area contributed by atoms with Gasteiger partial charge >= 0.3 is 0 Å². The Bertz CT molecular complexity index is 1050. The number of hydrogen-bond acceptors (Lipinski definition) is 6. The zero-order valence-corrected chi connectivity index (χ0v) is 16.9. The van der Waals surface area contributed by atoms with Crippen molar-refractivity contribution < 1.29 is 9.34 Å². The van der Waals surface area contributed by atoms with Gasteiger partial charge in [-0.2, -0.15) is 0 Å². The first-order valence-electron chi connectivity index (χ1n) is 9.71. The summed E-state index contributed by atoms with van der Waals surface area (Å²) in [5, 5.41) is 11.0. The van der Waals surface area contributed by atoms with Crippen LogP contribution >= 0.6 is 0 Å². The first kappa shape index (κ1) is 19.3. The van der Waals surface area contributed by atoms with Crippen LogP contribution in [-0.4, -0.2) is 26.3 Å². The molecular formula is C22H24N4O3. The molecule has 0 unspecified atom stereocenters. The summed E-state index contributed by atoms with van der Waals surface area (Å²) >= 11 is 0. The van der Waals surface area contributed by atoms with Crippen LogP contribution < -0.4 is 0 Å². The molecule has 3 heterocycles. The van der Waals surface area contributed by atoms with Crippen molar-refractivity contribution in [1.82, 2.24) is 14.9 Å². The maximum Gasteiger partial charge on any atom is 0.270 e. The molecule has 0 aliphatic carbocycles. The lowest BCUT2D eigenvalue weighted by molar-refractivity contribution is -0.384. The Kier molecular flexibility index (Phi) is 4.92. The van der Waals surface area contributed by atoms with Gasteiger partial charge in [-0.3, -0.25) is 15.0 Å². The van der Waals surface area contributed by atoms with E-state index in [1.807, 2.05) is 24.4 Å². The van der Waals surface area contributed by atoms with Gasteiger partial charge in [-0.25, -0.2) is 9.97 Å². The van der Waals surface area contributed by atoms with Gasteiger partial charge in [0, 0.05) is 60.1 Å². The molecule has 0 amide bonds. The Morgan fingerprint density at radius 3 is 2.83 bits per heavy atom. The van der Waals surface area contributed by atoms with E-state index < -0.39 is 4.92 Å². The van der Waals surface area contributed by atoms with Crippen molar-refractivity contribution in [3.05, 3.63) is 75.6 Å². The van der Waals surface area contributed by atoms with E-state index in [1.54, 1.807) is 6.07 Å². The van der Waals surface area contributed by atoms with Gasteiger partial charge in [-0.1, -0.05) is 32.9 Å². The minimum atomic E-state index is -0.397. The van der Waals surface area contributed by atoms with E-state index in [2.05, 4.69) is 30.7 Å². The van der Waals surface area contributed by atoms with Gasteiger partial charge < -0.3 is 4.42 Å². The topological polar surface area (TPSA) is 85.3 Å². The van der Waals surface area contributed by atoms with E-state index in [0.29, 0.717) is 17.9 Å². The average molecular weight is 392 g/mol. The van der Waals surface area contributed by atoms with Crippen LogP contribution in [0.3, 0.4) is 0 Å². The minimum absolute atomic E-state index is 0.0523. The van der Waals surface area contributed by atoms with E-state index in [0.717, 1.165) is 42.4 Å². The molecule has 0 fully saturated rings. The largest absolute Gasteiger partial charge is 0.460 e. The Hall–Kier alpha value is -3.06. The highest BCUT2D eigenvalue weighted by molar-refractivity contribution is 5.61. The van der Waals surface area contributed by atoms with Gasteiger partial charge in [-0.15, -0.1) is 0 Å². The van der Waals surface area contributed by atoms with Crippen LogP contribution in [-0.2, 0) is 24.9 Å². The molecule has 0 saturated heterocycles. The van der Waals surface area contributed by atoms with Crippen molar-refractivity contribution >= 4 is 5.69 Å². The second-order valence-electron chi connectivity index (χ2n) is 8.45. The highest BCUT2D eigenvalue weighted by atomic mass is 16.6. The molecule has 3 aromatic rings. The zero-order chi connectivity index (χ0) is 20.6. The van der Waals surface area contributed by atoms with Crippen molar-refractivity contribution in [2.75, 3.05) is 6.54 Å². The van der Waals surface area contributed by atoms with Crippen molar-refractivity contribution in [2.24, 2.45) is 0 Å². The molecule has 2 aromatic heterocycles. The predicted molar refractivity (Wildman–Crippen MR) is 109 cm³/mol. The number of fused-ring (bicyclic) bond motifs is 1. The fraction of sp³-hybridized carbons (Fsp3) is 0.364. The molecule has 1 aromatic carbocycles. The summed E-state index contributed by atoms with van der Waals surface area (Å²) < 4.78 is 5.96. The van der Waals surface area contributed by atoms with Crippen molar-refractivity contribution in [1.29, 1.82) is 0 Å². The maximum absolute atomic E-state index is 11.0. The Morgan fingerprint density at radius 1 is 1.24 bits per heavy atom. The summed E-state index contributed by atoms with van der Waals surface area (Å²) in [5.41, 5.74) is 3.01. The minimum Gasteiger partial charge on any atom is -0.460 e. The quantitative estimate of drug-likeness (QED) is 0.480. The van der Waals surface area contributed by atoms with Crippen LogP contribution in [0.4, 0.5) is 5.69 Å². The lowest BCUT2D eigenvalue weighted by Crippen LogP contribution is -2.31. The highest BCUT2D eigenvalue weighted by Crippen LogP contribution is 2.27. The summed E-state index contributed by atoms with van der Waals surface area (Å²) in [6.45, 7) is 8.74. The second-order valence-corrected chi connectivity index (χ2v) is 8.45. The monoisotopic (exact) mass is 392 g/mol. The normalized spacial score (nSPS) is 14.6. The van der Waals surface area contributed by atoms with Crippen molar-refractivity contribution in [3.63, 3.8) is 0 Å². The molecule has 7 heteroatoms. The van der Waals surface area contributed by atoms with Gasteiger partial charge in [0.25, 0.3) is 5.69 Å². The second kappa shape index (κ2) is 7.40. The van der Waals surface area contributed by atoms with Gasteiger partial charge in [0.1, 0.15) is 17.3 Å². The Labute approximate surface area is 169 Å². The number of hydrogen-bond donors (Lipinski definition) is 0. The molecule has 0 N–H and O–H groups in total. The molecule has 150 valence electrons. The molecule has 4 rings (SSSR count). The molecule has 1 aliphatic rings.